The zero-order valence-corrected chi connectivity index (χ0v) is 10.6. The molecule has 1 atom stereocenters. The number of amides is 1. The quantitative estimate of drug-likeness (QED) is 0.778. The monoisotopic (exact) mass is 231 g/mol. The van der Waals surface area contributed by atoms with Crippen molar-refractivity contribution in [2.45, 2.75) is 26.3 Å². The molecule has 0 spiro atoms. The van der Waals surface area contributed by atoms with Crippen molar-refractivity contribution in [1.82, 2.24) is 9.88 Å². The van der Waals surface area contributed by atoms with Crippen molar-refractivity contribution in [3.8, 4) is 0 Å². The van der Waals surface area contributed by atoms with Crippen LogP contribution < -0.4 is 0 Å². The Balaban J connectivity index is 2.47. The van der Waals surface area contributed by atoms with Crippen molar-refractivity contribution < 1.29 is 4.79 Å². The average molecular weight is 231 g/mol. The van der Waals surface area contributed by atoms with Crippen molar-refractivity contribution in [1.29, 1.82) is 0 Å². The van der Waals surface area contributed by atoms with Gasteiger partial charge in [0.1, 0.15) is 11.2 Å². The van der Waals surface area contributed by atoms with E-state index >= 15 is 0 Å². The molecule has 0 saturated heterocycles. The van der Waals surface area contributed by atoms with Gasteiger partial charge in [-0.1, -0.05) is 19.9 Å². The van der Waals surface area contributed by atoms with Gasteiger partial charge in [-0.3, -0.25) is 14.7 Å². The van der Waals surface area contributed by atoms with Gasteiger partial charge in [0.05, 0.1) is 0 Å². The highest BCUT2D eigenvalue weighted by atomic mass is 16.2. The third-order valence-electron chi connectivity index (χ3n) is 3.41. The van der Waals surface area contributed by atoms with Gasteiger partial charge < -0.3 is 0 Å². The SMILES string of the molecule is CC(C)[C@]1(C)N=C(c2ccccn2)N(C)C1=O. The molecule has 1 aliphatic rings. The van der Waals surface area contributed by atoms with E-state index in [4.69, 9.17) is 0 Å². The number of carbonyl (C=O) groups is 1. The third kappa shape index (κ3) is 1.73. The van der Waals surface area contributed by atoms with Crippen LogP contribution in [0.2, 0.25) is 0 Å². The number of aliphatic imine (C=N–C) groups is 1. The summed E-state index contributed by atoms with van der Waals surface area (Å²) >= 11 is 0. The molecule has 0 aromatic carbocycles. The molecule has 4 heteroatoms. The summed E-state index contributed by atoms with van der Waals surface area (Å²) in [4.78, 5) is 22.7. The Labute approximate surface area is 101 Å². The van der Waals surface area contributed by atoms with Crippen LogP contribution in [0.5, 0.6) is 0 Å². The maximum Gasteiger partial charge on any atom is 0.255 e. The zero-order chi connectivity index (χ0) is 12.6. The molecule has 0 saturated carbocycles. The van der Waals surface area contributed by atoms with Crippen molar-refractivity contribution in [3.63, 3.8) is 0 Å². The van der Waals surface area contributed by atoms with E-state index in [9.17, 15) is 4.79 Å². The largest absolute Gasteiger partial charge is 0.296 e. The first-order valence-corrected chi connectivity index (χ1v) is 5.76. The highest BCUT2D eigenvalue weighted by molar-refractivity contribution is 6.14. The highest BCUT2D eigenvalue weighted by Gasteiger charge is 2.45. The Morgan fingerprint density at radius 1 is 1.35 bits per heavy atom. The van der Waals surface area contributed by atoms with Crippen LogP contribution in [0.15, 0.2) is 29.4 Å². The minimum absolute atomic E-state index is 0.0353. The van der Waals surface area contributed by atoms with E-state index in [-0.39, 0.29) is 11.8 Å². The predicted octanol–water partition coefficient (Wildman–Crippen LogP) is 1.71. The third-order valence-corrected chi connectivity index (χ3v) is 3.41. The van der Waals surface area contributed by atoms with Gasteiger partial charge in [-0.15, -0.1) is 0 Å². The lowest BCUT2D eigenvalue weighted by Gasteiger charge is -2.23. The number of carbonyl (C=O) groups excluding carboxylic acids is 1. The van der Waals surface area contributed by atoms with Crippen molar-refractivity contribution in [2.75, 3.05) is 7.05 Å². The average Bonchev–Trinajstić information content (AvgIpc) is 2.56. The molecule has 0 N–H and O–H groups in total. The molecular formula is C13H17N3O. The van der Waals surface area contributed by atoms with Gasteiger partial charge in [0.15, 0.2) is 5.84 Å². The standard InChI is InChI=1S/C13H17N3O/c1-9(2)13(3)12(17)16(4)11(15-13)10-7-5-6-8-14-10/h5-9H,1-4H3/t13-/m0/s1. The molecule has 1 aromatic rings. The molecule has 0 fully saturated rings. The summed E-state index contributed by atoms with van der Waals surface area (Å²) in [6.07, 6.45) is 1.71. The second-order valence-electron chi connectivity index (χ2n) is 4.82. The minimum atomic E-state index is -0.665. The molecule has 1 amide bonds. The molecule has 90 valence electrons. The molecule has 2 rings (SSSR count). The number of rotatable bonds is 2. The smallest absolute Gasteiger partial charge is 0.255 e. The van der Waals surface area contributed by atoms with Crippen molar-refractivity contribution >= 4 is 11.7 Å². The van der Waals surface area contributed by atoms with Crippen LogP contribution in [-0.2, 0) is 4.79 Å². The molecule has 1 aliphatic heterocycles. The zero-order valence-electron chi connectivity index (χ0n) is 10.6. The Kier molecular flexibility index (Phi) is 2.73. The number of nitrogens with zero attached hydrogens (tertiary/aromatic N) is 3. The number of hydrogen-bond acceptors (Lipinski definition) is 3. The maximum absolute atomic E-state index is 12.2. The lowest BCUT2D eigenvalue weighted by molar-refractivity contribution is -0.131. The van der Waals surface area contributed by atoms with Crippen LogP contribution in [0.25, 0.3) is 0 Å². The molecular weight excluding hydrogens is 214 g/mol. The van der Waals surface area contributed by atoms with Crippen molar-refractivity contribution in [2.24, 2.45) is 10.9 Å². The van der Waals surface area contributed by atoms with Crippen LogP contribution in [0.1, 0.15) is 26.5 Å². The summed E-state index contributed by atoms with van der Waals surface area (Å²) in [7, 11) is 1.75. The Morgan fingerprint density at radius 3 is 2.53 bits per heavy atom. The first-order valence-electron chi connectivity index (χ1n) is 5.76. The normalized spacial score (nSPS) is 24.4. The van der Waals surface area contributed by atoms with E-state index in [1.54, 1.807) is 18.1 Å². The van der Waals surface area contributed by atoms with Crippen LogP contribution >= 0.6 is 0 Å². The van der Waals surface area contributed by atoms with E-state index in [0.29, 0.717) is 5.84 Å². The Bertz CT molecular complexity index is 467. The van der Waals surface area contributed by atoms with Gasteiger partial charge >= 0.3 is 0 Å². The van der Waals surface area contributed by atoms with E-state index in [2.05, 4.69) is 9.98 Å². The van der Waals surface area contributed by atoms with Gasteiger partial charge in [-0.05, 0) is 25.0 Å². The molecule has 0 radical (unpaired) electrons. The Morgan fingerprint density at radius 2 is 2.06 bits per heavy atom. The molecule has 1 aromatic heterocycles. The molecule has 0 bridgehead atoms. The number of aromatic nitrogens is 1. The summed E-state index contributed by atoms with van der Waals surface area (Å²) in [5, 5.41) is 0. The van der Waals surface area contributed by atoms with E-state index < -0.39 is 5.54 Å². The fourth-order valence-electron chi connectivity index (χ4n) is 1.88. The van der Waals surface area contributed by atoms with E-state index in [1.807, 2.05) is 39.0 Å². The Hall–Kier alpha value is -1.71. The summed E-state index contributed by atoms with van der Waals surface area (Å²) in [5.41, 5.74) is 0.0782. The summed E-state index contributed by atoms with van der Waals surface area (Å²) < 4.78 is 0. The minimum Gasteiger partial charge on any atom is -0.296 e. The molecule has 17 heavy (non-hydrogen) atoms. The van der Waals surface area contributed by atoms with Crippen molar-refractivity contribution in [3.05, 3.63) is 30.1 Å². The second kappa shape index (κ2) is 3.95. The first-order chi connectivity index (χ1) is 7.97. The van der Waals surface area contributed by atoms with Gasteiger partial charge in [0.2, 0.25) is 0 Å². The van der Waals surface area contributed by atoms with Gasteiger partial charge in [0.25, 0.3) is 5.91 Å². The van der Waals surface area contributed by atoms with E-state index in [1.165, 1.54) is 0 Å². The van der Waals surface area contributed by atoms with Gasteiger partial charge in [-0.25, -0.2) is 4.99 Å². The van der Waals surface area contributed by atoms with Crippen LogP contribution in [0.3, 0.4) is 0 Å². The summed E-state index contributed by atoms with van der Waals surface area (Å²) in [5.74, 6) is 0.860. The topological polar surface area (TPSA) is 45.6 Å². The van der Waals surface area contributed by atoms with Crippen LogP contribution in [0.4, 0.5) is 0 Å². The number of pyridine rings is 1. The molecule has 4 nitrogen and oxygen atoms in total. The lowest BCUT2D eigenvalue weighted by atomic mass is 9.89. The lowest BCUT2D eigenvalue weighted by Crippen LogP contribution is -2.42. The molecule has 0 unspecified atom stereocenters. The maximum atomic E-state index is 12.2. The molecule has 0 aliphatic carbocycles. The highest BCUT2D eigenvalue weighted by Crippen LogP contribution is 2.30. The second-order valence-corrected chi connectivity index (χ2v) is 4.82. The van der Waals surface area contributed by atoms with Gasteiger partial charge in [-0.2, -0.15) is 0 Å². The fourth-order valence-corrected chi connectivity index (χ4v) is 1.88. The van der Waals surface area contributed by atoms with Crippen LogP contribution in [0, 0.1) is 5.92 Å². The number of amidine groups is 1. The van der Waals surface area contributed by atoms with Crippen LogP contribution in [-0.4, -0.2) is 34.2 Å². The predicted molar refractivity (Wildman–Crippen MR) is 66.8 cm³/mol. The summed E-state index contributed by atoms with van der Waals surface area (Å²) in [6, 6.07) is 5.62. The first kappa shape index (κ1) is 11.8. The number of likely N-dealkylation sites (N-methyl/N-ethyl adjacent to an activating group) is 1. The molecule has 2 heterocycles. The van der Waals surface area contributed by atoms with E-state index in [0.717, 1.165) is 5.69 Å². The van der Waals surface area contributed by atoms with Gasteiger partial charge in [0, 0.05) is 13.2 Å². The number of hydrogen-bond donors (Lipinski definition) is 0. The fraction of sp³-hybridized carbons (Fsp3) is 0.462. The summed E-state index contributed by atoms with van der Waals surface area (Å²) in [6.45, 7) is 5.90.